The number of likely N-dealkylation sites (tertiary alicyclic amines) is 1. The molecule has 0 bridgehead atoms. The Kier molecular flexibility index (Phi) is 4.22. The van der Waals surface area contributed by atoms with Crippen LogP contribution in [0.3, 0.4) is 0 Å². The van der Waals surface area contributed by atoms with E-state index >= 15 is 0 Å². The molecular formula is C16H19N7S. The van der Waals surface area contributed by atoms with Gasteiger partial charge in [-0.25, -0.2) is 4.98 Å². The van der Waals surface area contributed by atoms with Crippen molar-refractivity contribution in [3.05, 3.63) is 41.2 Å². The third kappa shape index (κ3) is 3.15. The Labute approximate surface area is 143 Å². The van der Waals surface area contributed by atoms with Gasteiger partial charge in [0.25, 0.3) is 0 Å². The maximum atomic E-state index is 5.65. The molecule has 1 aromatic carbocycles. The first-order valence-corrected chi connectivity index (χ1v) is 8.91. The summed E-state index contributed by atoms with van der Waals surface area (Å²) in [6.07, 6.45) is 3.14. The lowest BCUT2D eigenvalue weighted by Crippen LogP contribution is -2.26. The van der Waals surface area contributed by atoms with E-state index in [1.165, 1.54) is 17.8 Å². The molecule has 124 valence electrons. The van der Waals surface area contributed by atoms with Gasteiger partial charge in [0, 0.05) is 18.5 Å². The highest BCUT2D eigenvalue weighted by Gasteiger charge is 2.28. The number of hydrogen-bond acceptors (Lipinski definition) is 7. The molecule has 0 spiro atoms. The van der Waals surface area contributed by atoms with Crippen molar-refractivity contribution in [2.24, 2.45) is 0 Å². The third-order valence-electron chi connectivity index (χ3n) is 4.31. The molecule has 3 aromatic rings. The molecule has 0 amide bonds. The molecule has 4 rings (SSSR count). The fraction of sp³-hybridized carbons (Fsp3) is 0.375. The number of H-pyrrole nitrogens is 1. The van der Waals surface area contributed by atoms with Gasteiger partial charge in [0.2, 0.25) is 5.13 Å². The summed E-state index contributed by atoms with van der Waals surface area (Å²) in [6.45, 7) is 2.00. The highest BCUT2D eigenvalue weighted by Crippen LogP contribution is 2.31. The smallest absolute Gasteiger partial charge is 0.203 e. The van der Waals surface area contributed by atoms with Crippen LogP contribution >= 0.6 is 11.3 Å². The quantitative estimate of drug-likeness (QED) is 0.739. The topological polar surface area (TPSA) is 96.6 Å². The molecule has 1 atom stereocenters. The van der Waals surface area contributed by atoms with Crippen LogP contribution in [0.2, 0.25) is 0 Å². The first kappa shape index (κ1) is 15.2. The normalized spacial score (nSPS) is 18.2. The summed E-state index contributed by atoms with van der Waals surface area (Å²) in [4.78, 5) is 7.16. The summed E-state index contributed by atoms with van der Waals surface area (Å²) in [5.41, 5.74) is 6.68. The predicted molar refractivity (Wildman–Crippen MR) is 93.4 cm³/mol. The fourth-order valence-electron chi connectivity index (χ4n) is 3.15. The van der Waals surface area contributed by atoms with Gasteiger partial charge in [0.05, 0.1) is 6.04 Å². The largest absolute Gasteiger partial charge is 0.374 e. The minimum absolute atomic E-state index is 0.292. The molecular weight excluding hydrogens is 322 g/mol. The Hall–Kier alpha value is -2.32. The van der Waals surface area contributed by atoms with Crippen LogP contribution in [0.1, 0.15) is 29.7 Å². The van der Waals surface area contributed by atoms with Gasteiger partial charge in [-0.05, 0) is 19.4 Å². The van der Waals surface area contributed by atoms with Crippen molar-refractivity contribution in [1.82, 2.24) is 30.3 Å². The average Bonchev–Trinajstić information content (AvgIpc) is 3.34. The Morgan fingerprint density at radius 3 is 2.92 bits per heavy atom. The van der Waals surface area contributed by atoms with Crippen molar-refractivity contribution < 1.29 is 0 Å². The van der Waals surface area contributed by atoms with Crippen molar-refractivity contribution in [1.29, 1.82) is 0 Å². The number of aromatic nitrogens is 5. The number of benzene rings is 1. The minimum atomic E-state index is 0.292. The first-order chi connectivity index (χ1) is 11.8. The van der Waals surface area contributed by atoms with Gasteiger partial charge in [-0.2, -0.15) is 5.10 Å². The number of nitrogens with one attached hydrogen (secondary N) is 1. The third-order valence-corrected chi connectivity index (χ3v) is 5.12. The van der Waals surface area contributed by atoms with Crippen molar-refractivity contribution in [3.63, 3.8) is 0 Å². The van der Waals surface area contributed by atoms with Crippen LogP contribution in [0, 0.1) is 0 Å². The molecule has 1 aliphatic heterocycles. The number of rotatable bonds is 5. The molecule has 0 radical (unpaired) electrons. The zero-order valence-corrected chi connectivity index (χ0v) is 14.0. The molecule has 24 heavy (non-hydrogen) atoms. The Balaban J connectivity index is 1.46. The van der Waals surface area contributed by atoms with Crippen LogP contribution in [0.5, 0.6) is 0 Å². The lowest BCUT2D eigenvalue weighted by atomic mass is 10.2. The second kappa shape index (κ2) is 6.66. The molecule has 3 heterocycles. The zero-order valence-electron chi connectivity index (χ0n) is 13.2. The molecule has 7 nitrogen and oxygen atoms in total. The van der Waals surface area contributed by atoms with E-state index in [0.29, 0.717) is 11.2 Å². The summed E-state index contributed by atoms with van der Waals surface area (Å²) < 4.78 is 0. The van der Waals surface area contributed by atoms with Crippen LogP contribution in [0.4, 0.5) is 5.13 Å². The second-order valence-corrected chi connectivity index (χ2v) is 6.98. The van der Waals surface area contributed by atoms with Gasteiger partial charge in [0.15, 0.2) is 5.82 Å². The second-order valence-electron chi connectivity index (χ2n) is 5.89. The molecule has 3 N–H and O–H groups in total. The summed E-state index contributed by atoms with van der Waals surface area (Å²) in [5, 5.41) is 17.0. The van der Waals surface area contributed by atoms with Crippen LogP contribution in [-0.2, 0) is 6.42 Å². The van der Waals surface area contributed by atoms with E-state index in [4.69, 9.17) is 10.7 Å². The molecule has 2 aromatic heterocycles. The zero-order chi connectivity index (χ0) is 16.4. The molecule has 0 aliphatic carbocycles. The van der Waals surface area contributed by atoms with Gasteiger partial charge >= 0.3 is 0 Å². The van der Waals surface area contributed by atoms with Crippen LogP contribution < -0.4 is 5.73 Å². The van der Waals surface area contributed by atoms with E-state index in [0.717, 1.165) is 48.2 Å². The van der Waals surface area contributed by atoms with Crippen molar-refractivity contribution >= 4 is 16.5 Å². The van der Waals surface area contributed by atoms with Crippen LogP contribution in [-0.4, -0.2) is 43.4 Å². The predicted octanol–water partition coefficient (Wildman–Crippen LogP) is 2.29. The van der Waals surface area contributed by atoms with Crippen LogP contribution in [0.15, 0.2) is 30.3 Å². The van der Waals surface area contributed by atoms with E-state index in [-0.39, 0.29) is 0 Å². The molecule has 1 saturated heterocycles. The summed E-state index contributed by atoms with van der Waals surface area (Å²) >= 11 is 1.46. The number of nitrogens with zero attached hydrogens (tertiary/aromatic N) is 5. The van der Waals surface area contributed by atoms with E-state index in [1.807, 2.05) is 30.3 Å². The Bertz CT molecular complexity index is 798. The van der Waals surface area contributed by atoms with E-state index in [1.54, 1.807) is 0 Å². The molecule has 1 fully saturated rings. The lowest BCUT2D eigenvalue weighted by Gasteiger charge is -2.21. The SMILES string of the molecule is Nc1nnc(CCN2CCC[C@H]2c2nc(-c3ccccc3)n[nH]2)s1. The fourth-order valence-corrected chi connectivity index (χ4v) is 3.75. The van der Waals surface area contributed by atoms with Gasteiger partial charge < -0.3 is 5.73 Å². The lowest BCUT2D eigenvalue weighted by molar-refractivity contribution is 0.252. The Morgan fingerprint density at radius 2 is 2.12 bits per heavy atom. The molecule has 0 unspecified atom stereocenters. The van der Waals surface area contributed by atoms with Gasteiger partial charge in [-0.3, -0.25) is 10.00 Å². The van der Waals surface area contributed by atoms with Crippen LogP contribution in [0.25, 0.3) is 11.4 Å². The summed E-state index contributed by atoms with van der Waals surface area (Å²) in [7, 11) is 0. The number of nitrogens with two attached hydrogens (primary N) is 1. The maximum Gasteiger partial charge on any atom is 0.203 e. The number of hydrogen-bond donors (Lipinski definition) is 2. The van der Waals surface area contributed by atoms with E-state index < -0.39 is 0 Å². The standard InChI is InChI=1S/C16H19N7S/c17-16-22-19-13(24-16)8-10-23-9-4-7-12(23)15-18-14(20-21-15)11-5-2-1-3-6-11/h1-3,5-6,12H,4,7-10H2,(H2,17,22)(H,18,20,21)/t12-/m0/s1. The number of nitrogen functional groups attached to an aromatic ring is 1. The number of aromatic amines is 1. The first-order valence-electron chi connectivity index (χ1n) is 8.09. The van der Waals surface area contributed by atoms with Crippen molar-refractivity contribution in [2.75, 3.05) is 18.8 Å². The van der Waals surface area contributed by atoms with Gasteiger partial charge in [-0.1, -0.05) is 41.7 Å². The monoisotopic (exact) mass is 341 g/mol. The van der Waals surface area contributed by atoms with Gasteiger partial charge in [0.1, 0.15) is 10.8 Å². The van der Waals surface area contributed by atoms with Crippen molar-refractivity contribution in [2.45, 2.75) is 25.3 Å². The minimum Gasteiger partial charge on any atom is -0.374 e. The highest BCUT2D eigenvalue weighted by molar-refractivity contribution is 7.15. The molecule has 1 aliphatic rings. The van der Waals surface area contributed by atoms with Crippen molar-refractivity contribution in [3.8, 4) is 11.4 Å². The maximum absolute atomic E-state index is 5.65. The molecule has 0 saturated carbocycles. The summed E-state index contributed by atoms with van der Waals surface area (Å²) in [5.74, 6) is 1.71. The molecule has 8 heteroatoms. The van der Waals surface area contributed by atoms with E-state index in [2.05, 4.69) is 25.3 Å². The Morgan fingerprint density at radius 1 is 1.25 bits per heavy atom. The summed E-state index contributed by atoms with van der Waals surface area (Å²) in [6, 6.07) is 10.3. The highest BCUT2D eigenvalue weighted by atomic mass is 32.1. The van der Waals surface area contributed by atoms with Gasteiger partial charge in [-0.15, -0.1) is 10.2 Å². The average molecular weight is 341 g/mol. The van der Waals surface area contributed by atoms with E-state index in [9.17, 15) is 0 Å². The number of anilines is 1.